The van der Waals surface area contributed by atoms with Gasteiger partial charge in [-0.15, -0.1) is 0 Å². The van der Waals surface area contributed by atoms with Crippen LogP contribution in [-0.4, -0.2) is 12.9 Å². The first-order valence-corrected chi connectivity index (χ1v) is 4.12. The molecule has 0 saturated heterocycles. The highest BCUT2D eigenvalue weighted by Crippen LogP contribution is 2.26. The monoisotopic (exact) mass is 250 g/mol. The highest BCUT2D eigenvalue weighted by Gasteiger charge is 2.07. The van der Waals surface area contributed by atoms with Crippen molar-refractivity contribution in [3.8, 4) is 5.75 Å². The molecule has 0 aliphatic heterocycles. The summed E-state index contributed by atoms with van der Waals surface area (Å²) in [4.78, 5) is 10.3. The van der Waals surface area contributed by atoms with Crippen molar-refractivity contribution in [2.75, 3.05) is 0 Å². The van der Waals surface area contributed by atoms with Crippen molar-refractivity contribution in [3.05, 3.63) is 28.2 Å². The van der Waals surface area contributed by atoms with Gasteiger partial charge in [0.05, 0.1) is 4.47 Å². The van der Waals surface area contributed by atoms with E-state index in [9.17, 15) is 13.6 Å². The third kappa shape index (κ3) is 2.77. The first-order valence-electron chi connectivity index (χ1n) is 3.33. The third-order valence-electron chi connectivity index (χ3n) is 1.31. The molecule has 0 amide bonds. The quantitative estimate of drug-likeness (QED) is 0.772. The Morgan fingerprint density at radius 2 is 2.15 bits per heavy atom. The molecule has 0 unspecified atom stereocenters. The molecule has 0 heterocycles. The van der Waals surface area contributed by atoms with Crippen LogP contribution in [0, 0.1) is 0 Å². The van der Waals surface area contributed by atoms with Crippen LogP contribution in [-0.2, 0) is 0 Å². The molecule has 0 atom stereocenters. The molecule has 5 heteroatoms. The van der Waals surface area contributed by atoms with Gasteiger partial charge in [-0.1, -0.05) is 0 Å². The van der Waals surface area contributed by atoms with Gasteiger partial charge in [0.15, 0.2) is 0 Å². The van der Waals surface area contributed by atoms with E-state index in [4.69, 9.17) is 0 Å². The zero-order chi connectivity index (χ0) is 9.84. The molecule has 1 aromatic rings. The largest absolute Gasteiger partial charge is 0.434 e. The van der Waals surface area contributed by atoms with Crippen LogP contribution >= 0.6 is 15.9 Å². The van der Waals surface area contributed by atoms with E-state index in [1.165, 1.54) is 18.2 Å². The molecule has 0 fully saturated rings. The topological polar surface area (TPSA) is 26.3 Å². The summed E-state index contributed by atoms with van der Waals surface area (Å²) in [5.41, 5.74) is 0.397. The van der Waals surface area contributed by atoms with Crippen LogP contribution in [0.25, 0.3) is 0 Å². The molecule has 70 valence electrons. The van der Waals surface area contributed by atoms with E-state index in [0.717, 1.165) is 0 Å². The van der Waals surface area contributed by atoms with Crippen molar-refractivity contribution in [1.82, 2.24) is 0 Å². The Morgan fingerprint density at radius 1 is 1.46 bits per heavy atom. The highest BCUT2D eigenvalue weighted by molar-refractivity contribution is 9.10. The Balaban J connectivity index is 2.91. The second kappa shape index (κ2) is 4.32. The molecule has 1 rings (SSSR count). The van der Waals surface area contributed by atoms with Crippen molar-refractivity contribution >= 4 is 22.2 Å². The molecule has 0 N–H and O–H groups in total. The van der Waals surface area contributed by atoms with Gasteiger partial charge in [-0.05, 0) is 34.1 Å². The Kier molecular flexibility index (Phi) is 3.36. The number of alkyl halides is 2. The smallest absolute Gasteiger partial charge is 0.387 e. The number of halogens is 3. The van der Waals surface area contributed by atoms with Crippen LogP contribution in [0.4, 0.5) is 8.78 Å². The number of hydrogen-bond donors (Lipinski definition) is 0. The fraction of sp³-hybridized carbons (Fsp3) is 0.125. The van der Waals surface area contributed by atoms with Crippen LogP contribution in [0.3, 0.4) is 0 Å². The van der Waals surface area contributed by atoms with Crippen LogP contribution in [0.15, 0.2) is 22.7 Å². The number of ether oxygens (including phenoxy) is 1. The Bertz CT molecular complexity index is 315. The summed E-state index contributed by atoms with van der Waals surface area (Å²) in [6.07, 6.45) is 0.622. The van der Waals surface area contributed by atoms with E-state index in [0.29, 0.717) is 16.3 Å². The number of benzene rings is 1. The van der Waals surface area contributed by atoms with Gasteiger partial charge < -0.3 is 4.74 Å². The maximum Gasteiger partial charge on any atom is 0.387 e. The minimum absolute atomic E-state index is 0.0144. The van der Waals surface area contributed by atoms with Crippen LogP contribution in [0.1, 0.15) is 10.4 Å². The Labute approximate surface area is 81.6 Å². The fourth-order valence-corrected chi connectivity index (χ4v) is 1.27. The van der Waals surface area contributed by atoms with E-state index < -0.39 is 6.61 Å². The fourth-order valence-electron chi connectivity index (χ4n) is 0.782. The molecule has 13 heavy (non-hydrogen) atoms. The normalized spacial score (nSPS) is 10.2. The van der Waals surface area contributed by atoms with Crippen LogP contribution in [0.2, 0.25) is 0 Å². The number of hydrogen-bond acceptors (Lipinski definition) is 2. The predicted molar refractivity (Wildman–Crippen MR) is 46.2 cm³/mol. The summed E-state index contributed by atoms with van der Waals surface area (Å²) < 4.78 is 28.0. The number of carbonyl (C=O) groups excluding carboxylic acids is 1. The van der Waals surface area contributed by atoms with Crippen molar-refractivity contribution < 1.29 is 18.3 Å². The van der Waals surface area contributed by atoms with E-state index in [1.807, 2.05) is 0 Å². The van der Waals surface area contributed by atoms with Gasteiger partial charge in [0, 0.05) is 5.56 Å². The second-order valence-corrected chi connectivity index (χ2v) is 3.04. The standard InChI is InChI=1S/C8H5BrF2O2/c9-6-3-5(4-12)1-2-7(6)13-8(10)11/h1-4,8H. The summed E-state index contributed by atoms with van der Waals surface area (Å²) >= 11 is 3.00. The lowest BCUT2D eigenvalue weighted by atomic mass is 10.2. The van der Waals surface area contributed by atoms with E-state index in [-0.39, 0.29) is 5.75 Å². The van der Waals surface area contributed by atoms with E-state index in [2.05, 4.69) is 20.7 Å². The van der Waals surface area contributed by atoms with Gasteiger partial charge in [0.25, 0.3) is 0 Å². The molecular formula is C8H5BrF2O2. The molecular weight excluding hydrogens is 246 g/mol. The maximum absolute atomic E-state index is 11.8. The Morgan fingerprint density at radius 3 is 2.62 bits per heavy atom. The molecule has 0 spiro atoms. The predicted octanol–water partition coefficient (Wildman–Crippen LogP) is 2.86. The lowest BCUT2D eigenvalue weighted by molar-refractivity contribution is -0.0503. The summed E-state index contributed by atoms with van der Waals surface area (Å²) in [7, 11) is 0. The highest BCUT2D eigenvalue weighted by atomic mass is 79.9. The zero-order valence-electron chi connectivity index (χ0n) is 6.34. The lowest BCUT2D eigenvalue weighted by Crippen LogP contribution is -2.02. The maximum atomic E-state index is 11.8. The summed E-state index contributed by atoms with van der Waals surface area (Å²) in [6.45, 7) is -2.86. The number of carbonyl (C=O) groups is 1. The van der Waals surface area contributed by atoms with Gasteiger partial charge in [0.2, 0.25) is 0 Å². The molecule has 0 saturated carbocycles. The van der Waals surface area contributed by atoms with Gasteiger partial charge >= 0.3 is 6.61 Å². The van der Waals surface area contributed by atoms with Gasteiger partial charge in [-0.3, -0.25) is 4.79 Å². The Hall–Kier alpha value is -0.970. The molecule has 0 aliphatic rings. The number of rotatable bonds is 3. The molecule has 0 aliphatic carbocycles. The van der Waals surface area contributed by atoms with Crippen LogP contribution < -0.4 is 4.74 Å². The average Bonchev–Trinajstić information content (AvgIpc) is 2.08. The molecule has 1 aromatic carbocycles. The summed E-state index contributed by atoms with van der Waals surface area (Å²) in [5, 5.41) is 0. The van der Waals surface area contributed by atoms with E-state index in [1.54, 1.807) is 0 Å². The lowest BCUT2D eigenvalue weighted by Gasteiger charge is -2.06. The number of aldehydes is 1. The third-order valence-corrected chi connectivity index (χ3v) is 1.93. The summed E-state index contributed by atoms with van der Waals surface area (Å²) in [6, 6.07) is 4.11. The minimum atomic E-state index is -2.86. The molecule has 2 nitrogen and oxygen atoms in total. The SMILES string of the molecule is O=Cc1ccc(OC(F)F)c(Br)c1. The first-order chi connectivity index (χ1) is 6.13. The van der Waals surface area contributed by atoms with Crippen molar-refractivity contribution in [3.63, 3.8) is 0 Å². The summed E-state index contributed by atoms with van der Waals surface area (Å²) in [5.74, 6) is 0.0144. The van der Waals surface area contributed by atoms with Gasteiger partial charge in [0.1, 0.15) is 12.0 Å². The zero-order valence-corrected chi connectivity index (χ0v) is 7.92. The second-order valence-electron chi connectivity index (χ2n) is 2.19. The van der Waals surface area contributed by atoms with Crippen molar-refractivity contribution in [1.29, 1.82) is 0 Å². The average molecular weight is 251 g/mol. The molecule has 0 bridgehead atoms. The van der Waals surface area contributed by atoms with Gasteiger partial charge in [-0.2, -0.15) is 8.78 Å². The molecule has 0 aromatic heterocycles. The first kappa shape index (κ1) is 10.1. The minimum Gasteiger partial charge on any atom is -0.434 e. The molecule has 0 radical (unpaired) electrons. The van der Waals surface area contributed by atoms with Crippen molar-refractivity contribution in [2.24, 2.45) is 0 Å². The van der Waals surface area contributed by atoms with Crippen LogP contribution in [0.5, 0.6) is 5.75 Å². The van der Waals surface area contributed by atoms with E-state index >= 15 is 0 Å². The van der Waals surface area contributed by atoms with Crippen molar-refractivity contribution in [2.45, 2.75) is 6.61 Å². The van der Waals surface area contributed by atoms with Gasteiger partial charge in [-0.25, -0.2) is 0 Å².